The third-order valence-electron chi connectivity index (χ3n) is 3.66. The summed E-state index contributed by atoms with van der Waals surface area (Å²) in [5.41, 5.74) is 10.1. The van der Waals surface area contributed by atoms with Crippen molar-refractivity contribution in [3.63, 3.8) is 0 Å². The lowest BCUT2D eigenvalue weighted by molar-refractivity contribution is 0.0549. The van der Waals surface area contributed by atoms with E-state index in [1.54, 1.807) is 0 Å². The number of hydrogen-bond donors (Lipinski definition) is 2. The van der Waals surface area contributed by atoms with E-state index in [2.05, 4.69) is 26.8 Å². The molecule has 90 valence electrons. The highest BCUT2D eigenvalue weighted by molar-refractivity contribution is 5.40. The van der Waals surface area contributed by atoms with Gasteiger partial charge in [-0.05, 0) is 43.0 Å². The molecule has 0 aromatic heterocycles. The second kappa shape index (κ2) is 4.56. The summed E-state index contributed by atoms with van der Waals surface area (Å²) in [7, 11) is 0. The first-order valence-corrected chi connectivity index (χ1v) is 5.76. The van der Waals surface area contributed by atoms with E-state index in [4.69, 9.17) is 5.73 Å². The highest BCUT2D eigenvalue weighted by atomic mass is 16.3. The zero-order valence-corrected chi connectivity index (χ0v) is 11.0. The third-order valence-corrected chi connectivity index (χ3v) is 3.66. The quantitative estimate of drug-likeness (QED) is 0.824. The van der Waals surface area contributed by atoms with E-state index in [-0.39, 0.29) is 5.41 Å². The Balaban J connectivity index is 3.20. The van der Waals surface area contributed by atoms with Crippen LogP contribution in [0, 0.1) is 26.2 Å². The molecule has 0 amide bonds. The van der Waals surface area contributed by atoms with E-state index >= 15 is 0 Å². The highest BCUT2D eigenvalue weighted by Crippen LogP contribution is 2.35. The molecule has 0 saturated heterocycles. The Labute approximate surface area is 98.5 Å². The second-order valence-corrected chi connectivity index (χ2v) is 5.32. The van der Waals surface area contributed by atoms with Gasteiger partial charge in [-0.1, -0.05) is 26.0 Å². The lowest BCUT2D eigenvalue weighted by Gasteiger charge is -2.31. The average molecular weight is 221 g/mol. The summed E-state index contributed by atoms with van der Waals surface area (Å²) >= 11 is 0. The van der Waals surface area contributed by atoms with Crippen LogP contribution in [-0.4, -0.2) is 11.7 Å². The zero-order valence-electron chi connectivity index (χ0n) is 11.0. The van der Waals surface area contributed by atoms with E-state index in [1.165, 1.54) is 16.7 Å². The number of aliphatic hydroxyl groups excluding tert-OH is 1. The number of benzene rings is 1. The predicted molar refractivity (Wildman–Crippen MR) is 68.4 cm³/mol. The van der Waals surface area contributed by atoms with E-state index in [1.807, 2.05) is 19.9 Å². The fraction of sp³-hybridized carbons (Fsp3) is 0.571. The van der Waals surface area contributed by atoms with Crippen molar-refractivity contribution < 1.29 is 5.11 Å². The molecule has 0 aliphatic rings. The normalized spacial score (nSPS) is 13.9. The number of rotatable bonds is 3. The Bertz CT molecular complexity index is 383. The SMILES string of the molecule is Cc1ccc(C(O)C(C)(C)CN)c(C)c1C. The van der Waals surface area contributed by atoms with Crippen molar-refractivity contribution >= 4 is 0 Å². The Kier molecular flexibility index (Phi) is 3.76. The summed E-state index contributed by atoms with van der Waals surface area (Å²) in [6, 6.07) is 4.08. The molecular weight excluding hydrogens is 198 g/mol. The van der Waals surface area contributed by atoms with Gasteiger partial charge in [-0.3, -0.25) is 0 Å². The van der Waals surface area contributed by atoms with Crippen molar-refractivity contribution in [2.45, 2.75) is 40.7 Å². The summed E-state index contributed by atoms with van der Waals surface area (Å²) < 4.78 is 0. The summed E-state index contributed by atoms with van der Waals surface area (Å²) in [6.07, 6.45) is -0.503. The van der Waals surface area contributed by atoms with Gasteiger partial charge in [0.05, 0.1) is 6.10 Å². The van der Waals surface area contributed by atoms with Gasteiger partial charge in [-0.25, -0.2) is 0 Å². The largest absolute Gasteiger partial charge is 0.388 e. The van der Waals surface area contributed by atoms with E-state index in [0.29, 0.717) is 6.54 Å². The fourth-order valence-electron chi connectivity index (χ4n) is 1.81. The zero-order chi connectivity index (χ0) is 12.5. The molecule has 0 heterocycles. The van der Waals surface area contributed by atoms with Crippen LogP contribution in [0.25, 0.3) is 0 Å². The van der Waals surface area contributed by atoms with Gasteiger partial charge in [-0.2, -0.15) is 0 Å². The topological polar surface area (TPSA) is 46.2 Å². The minimum Gasteiger partial charge on any atom is -0.388 e. The Morgan fingerprint density at radius 3 is 2.25 bits per heavy atom. The minimum atomic E-state index is -0.503. The van der Waals surface area contributed by atoms with Crippen LogP contribution in [0.2, 0.25) is 0 Å². The van der Waals surface area contributed by atoms with Crippen LogP contribution in [0.1, 0.15) is 42.2 Å². The van der Waals surface area contributed by atoms with Crippen molar-refractivity contribution in [1.29, 1.82) is 0 Å². The molecule has 1 unspecified atom stereocenters. The molecule has 0 bridgehead atoms. The van der Waals surface area contributed by atoms with Gasteiger partial charge < -0.3 is 10.8 Å². The molecule has 2 heteroatoms. The lowest BCUT2D eigenvalue weighted by atomic mass is 9.80. The molecule has 0 spiro atoms. The monoisotopic (exact) mass is 221 g/mol. The highest BCUT2D eigenvalue weighted by Gasteiger charge is 2.29. The van der Waals surface area contributed by atoms with Crippen LogP contribution in [0.4, 0.5) is 0 Å². The molecule has 1 aromatic rings. The van der Waals surface area contributed by atoms with Crippen LogP contribution >= 0.6 is 0 Å². The second-order valence-electron chi connectivity index (χ2n) is 5.32. The average Bonchev–Trinajstić information content (AvgIpc) is 2.25. The van der Waals surface area contributed by atoms with Crippen LogP contribution in [0.3, 0.4) is 0 Å². The standard InChI is InChI=1S/C14H23NO/c1-9-6-7-12(11(3)10(9)2)13(16)14(4,5)8-15/h6-7,13,16H,8,15H2,1-5H3. The maximum absolute atomic E-state index is 10.4. The van der Waals surface area contributed by atoms with Crippen molar-refractivity contribution in [3.8, 4) is 0 Å². The van der Waals surface area contributed by atoms with Gasteiger partial charge in [0.1, 0.15) is 0 Å². The molecule has 2 nitrogen and oxygen atoms in total. The maximum Gasteiger partial charge on any atom is 0.0855 e. The van der Waals surface area contributed by atoms with Gasteiger partial charge in [0.25, 0.3) is 0 Å². The molecule has 1 rings (SSSR count). The molecule has 1 aromatic carbocycles. The molecule has 1 atom stereocenters. The van der Waals surface area contributed by atoms with E-state index in [0.717, 1.165) is 5.56 Å². The molecule has 0 fully saturated rings. The van der Waals surface area contributed by atoms with E-state index in [9.17, 15) is 5.11 Å². The van der Waals surface area contributed by atoms with Crippen LogP contribution in [0.5, 0.6) is 0 Å². The van der Waals surface area contributed by atoms with Crippen LogP contribution in [0.15, 0.2) is 12.1 Å². The van der Waals surface area contributed by atoms with Crippen LogP contribution in [-0.2, 0) is 0 Å². The Hall–Kier alpha value is -0.860. The summed E-state index contributed by atoms with van der Waals surface area (Å²) in [5, 5.41) is 10.4. The first-order chi connectivity index (χ1) is 7.31. The summed E-state index contributed by atoms with van der Waals surface area (Å²) in [4.78, 5) is 0. The molecular formula is C14H23NO. The van der Waals surface area contributed by atoms with Gasteiger partial charge in [0, 0.05) is 12.0 Å². The first-order valence-electron chi connectivity index (χ1n) is 5.76. The number of nitrogens with two attached hydrogens (primary N) is 1. The smallest absolute Gasteiger partial charge is 0.0855 e. The molecule has 0 aliphatic carbocycles. The van der Waals surface area contributed by atoms with Gasteiger partial charge in [0.2, 0.25) is 0 Å². The molecule has 16 heavy (non-hydrogen) atoms. The van der Waals surface area contributed by atoms with E-state index < -0.39 is 6.10 Å². The minimum absolute atomic E-state index is 0.285. The first kappa shape index (κ1) is 13.2. The van der Waals surface area contributed by atoms with Gasteiger partial charge in [-0.15, -0.1) is 0 Å². The van der Waals surface area contributed by atoms with Gasteiger partial charge in [0.15, 0.2) is 0 Å². The Morgan fingerprint density at radius 1 is 1.19 bits per heavy atom. The van der Waals surface area contributed by atoms with Crippen molar-refractivity contribution in [1.82, 2.24) is 0 Å². The van der Waals surface area contributed by atoms with Crippen molar-refractivity contribution in [2.75, 3.05) is 6.54 Å². The van der Waals surface area contributed by atoms with Crippen molar-refractivity contribution in [3.05, 3.63) is 34.4 Å². The molecule has 0 radical (unpaired) electrons. The van der Waals surface area contributed by atoms with Crippen LogP contribution < -0.4 is 5.73 Å². The number of aliphatic hydroxyl groups is 1. The molecule has 0 aliphatic heterocycles. The lowest BCUT2D eigenvalue weighted by Crippen LogP contribution is -2.31. The molecule has 0 saturated carbocycles. The summed E-state index contributed by atoms with van der Waals surface area (Å²) in [5.74, 6) is 0. The molecule has 3 N–H and O–H groups in total. The number of hydrogen-bond acceptors (Lipinski definition) is 2. The van der Waals surface area contributed by atoms with Crippen molar-refractivity contribution in [2.24, 2.45) is 11.1 Å². The summed E-state index contributed by atoms with van der Waals surface area (Å²) in [6.45, 7) is 10.7. The van der Waals surface area contributed by atoms with Gasteiger partial charge >= 0.3 is 0 Å². The third kappa shape index (κ3) is 2.28. The number of aryl methyl sites for hydroxylation is 1. The maximum atomic E-state index is 10.4. The fourth-order valence-corrected chi connectivity index (χ4v) is 1.81. The predicted octanol–water partition coefficient (Wildman–Crippen LogP) is 2.63. The Morgan fingerprint density at radius 2 is 1.75 bits per heavy atom.